The van der Waals surface area contributed by atoms with Gasteiger partial charge in [-0.2, -0.15) is 0 Å². The van der Waals surface area contributed by atoms with Gasteiger partial charge in [0.05, 0.1) is 18.0 Å². The van der Waals surface area contributed by atoms with Gasteiger partial charge in [-0.05, 0) is 74.4 Å². The van der Waals surface area contributed by atoms with E-state index in [-0.39, 0.29) is 11.7 Å². The summed E-state index contributed by atoms with van der Waals surface area (Å²) in [4.78, 5) is 12.6. The maximum atomic E-state index is 12.6. The molecule has 2 aromatic heterocycles. The van der Waals surface area contributed by atoms with Crippen LogP contribution in [-0.2, 0) is 18.3 Å². The molecule has 0 aliphatic rings. The first-order valence-electron chi connectivity index (χ1n) is 11.2. The maximum Gasteiger partial charge on any atom is 0.234 e. The summed E-state index contributed by atoms with van der Waals surface area (Å²) in [6.45, 7) is 6.74. The molecular formula is C26H29N5O2S. The molecule has 7 nitrogen and oxygen atoms in total. The van der Waals surface area contributed by atoms with Crippen molar-refractivity contribution in [2.24, 2.45) is 7.05 Å². The number of hydrogen-bond acceptors (Lipinski definition) is 5. The molecule has 0 saturated carbocycles. The van der Waals surface area contributed by atoms with Crippen molar-refractivity contribution in [1.82, 2.24) is 19.3 Å². The van der Waals surface area contributed by atoms with E-state index in [0.717, 1.165) is 34.2 Å². The van der Waals surface area contributed by atoms with E-state index < -0.39 is 0 Å². The molecule has 8 heteroatoms. The monoisotopic (exact) mass is 475 g/mol. The molecule has 0 aliphatic carbocycles. The van der Waals surface area contributed by atoms with Crippen LogP contribution in [0.5, 0.6) is 5.75 Å². The number of aryl methyl sites for hydroxylation is 2. The third-order valence-electron chi connectivity index (χ3n) is 5.69. The fraction of sp³-hybridized carbons (Fsp3) is 0.269. The van der Waals surface area contributed by atoms with Crippen molar-refractivity contribution >= 4 is 23.4 Å². The van der Waals surface area contributed by atoms with Gasteiger partial charge in [0, 0.05) is 31.0 Å². The zero-order chi connectivity index (χ0) is 24.1. The highest BCUT2D eigenvalue weighted by molar-refractivity contribution is 7.99. The number of carbonyl (C=O) groups excluding carboxylic acids is 1. The first kappa shape index (κ1) is 23.6. The van der Waals surface area contributed by atoms with Crippen LogP contribution in [-0.4, -0.2) is 37.6 Å². The molecule has 1 N–H and O–H groups in total. The standard InChI is InChI=1S/C26H29N5O2S/c1-5-33-22-13-11-20(12-14-22)27-25(32)17-34-26-29-28-24(16-21-9-7-15-30(21)4)31(26)23-10-6-8-18(2)19(23)3/h6-15H,5,16-17H2,1-4H3,(H,27,32). The van der Waals surface area contributed by atoms with Crippen LogP contribution in [0, 0.1) is 13.8 Å². The molecule has 0 atom stereocenters. The quantitative estimate of drug-likeness (QED) is 0.347. The number of aromatic nitrogens is 4. The molecule has 1 amide bonds. The number of thioether (sulfide) groups is 1. The van der Waals surface area contributed by atoms with Crippen molar-refractivity contribution in [1.29, 1.82) is 0 Å². The summed E-state index contributed by atoms with van der Waals surface area (Å²) in [6.07, 6.45) is 2.66. The lowest BCUT2D eigenvalue weighted by atomic mass is 10.1. The second-order valence-corrected chi connectivity index (χ2v) is 8.98. The third kappa shape index (κ3) is 5.34. The summed E-state index contributed by atoms with van der Waals surface area (Å²) in [5.41, 5.74) is 5.26. The van der Waals surface area contributed by atoms with Gasteiger partial charge in [0.15, 0.2) is 5.16 Å². The van der Waals surface area contributed by atoms with E-state index in [0.29, 0.717) is 18.2 Å². The number of benzene rings is 2. The number of nitrogens with zero attached hydrogens (tertiary/aromatic N) is 4. The van der Waals surface area contributed by atoms with E-state index in [1.165, 1.54) is 17.3 Å². The predicted molar refractivity (Wildman–Crippen MR) is 136 cm³/mol. The summed E-state index contributed by atoms with van der Waals surface area (Å²) in [5.74, 6) is 1.74. The fourth-order valence-electron chi connectivity index (χ4n) is 3.70. The van der Waals surface area contributed by atoms with Crippen LogP contribution in [0.1, 0.15) is 29.6 Å². The van der Waals surface area contributed by atoms with Gasteiger partial charge < -0.3 is 14.6 Å². The number of hydrogen-bond donors (Lipinski definition) is 1. The van der Waals surface area contributed by atoms with Crippen molar-refractivity contribution in [3.63, 3.8) is 0 Å². The normalized spacial score (nSPS) is 10.9. The summed E-state index contributed by atoms with van der Waals surface area (Å²) < 4.78 is 9.61. The lowest BCUT2D eigenvalue weighted by Crippen LogP contribution is -2.15. The molecular weight excluding hydrogens is 446 g/mol. The molecule has 34 heavy (non-hydrogen) atoms. The fourth-order valence-corrected chi connectivity index (χ4v) is 4.46. The van der Waals surface area contributed by atoms with E-state index in [2.05, 4.69) is 56.7 Å². The third-order valence-corrected chi connectivity index (χ3v) is 6.62. The molecule has 0 spiro atoms. The van der Waals surface area contributed by atoms with E-state index in [1.54, 1.807) is 0 Å². The van der Waals surface area contributed by atoms with Gasteiger partial charge in [0.1, 0.15) is 11.6 Å². The van der Waals surface area contributed by atoms with Crippen molar-refractivity contribution in [3.05, 3.63) is 83.4 Å². The highest BCUT2D eigenvalue weighted by Gasteiger charge is 2.19. The van der Waals surface area contributed by atoms with Crippen molar-refractivity contribution in [2.75, 3.05) is 17.7 Å². The van der Waals surface area contributed by atoms with Crippen LogP contribution in [0.15, 0.2) is 66.0 Å². The van der Waals surface area contributed by atoms with Crippen LogP contribution in [0.3, 0.4) is 0 Å². The molecule has 0 radical (unpaired) electrons. The van der Waals surface area contributed by atoms with E-state index in [1.807, 2.05) is 56.6 Å². The number of ether oxygens (including phenoxy) is 1. The van der Waals surface area contributed by atoms with E-state index in [4.69, 9.17) is 4.74 Å². The summed E-state index contributed by atoms with van der Waals surface area (Å²) >= 11 is 1.38. The number of nitrogens with one attached hydrogen (secondary N) is 1. The summed E-state index contributed by atoms with van der Waals surface area (Å²) in [5, 5.41) is 12.6. The molecule has 0 unspecified atom stereocenters. The summed E-state index contributed by atoms with van der Waals surface area (Å²) in [7, 11) is 2.02. The van der Waals surface area contributed by atoms with Gasteiger partial charge in [-0.15, -0.1) is 10.2 Å². The Labute approximate surface area is 204 Å². The highest BCUT2D eigenvalue weighted by Crippen LogP contribution is 2.27. The zero-order valence-electron chi connectivity index (χ0n) is 19.9. The first-order chi connectivity index (χ1) is 16.5. The van der Waals surface area contributed by atoms with Crippen LogP contribution in [0.2, 0.25) is 0 Å². The Morgan fingerprint density at radius 3 is 2.56 bits per heavy atom. The molecule has 0 fully saturated rings. The molecule has 2 aromatic carbocycles. The number of rotatable bonds is 9. The first-order valence-corrected chi connectivity index (χ1v) is 12.2. The Bertz CT molecular complexity index is 1280. The van der Waals surface area contributed by atoms with Crippen LogP contribution >= 0.6 is 11.8 Å². The van der Waals surface area contributed by atoms with Crippen LogP contribution < -0.4 is 10.1 Å². The lowest BCUT2D eigenvalue weighted by molar-refractivity contribution is -0.113. The second kappa shape index (κ2) is 10.6. The van der Waals surface area contributed by atoms with Gasteiger partial charge in [-0.1, -0.05) is 23.9 Å². The average Bonchev–Trinajstić information content (AvgIpc) is 3.42. The molecule has 0 saturated heterocycles. The van der Waals surface area contributed by atoms with Gasteiger partial charge in [0.2, 0.25) is 5.91 Å². The Morgan fingerprint density at radius 1 is 1.06 bits per heavy atom. The Hall–Kier alpha value is -3.52. The van der Waals surface area contributed by atoms with Gasteiger partial charge in [0.25, 0.3) is 0 Å². The van der Waals surface area contributed by atoms with Crippen LogP contribution in [0.4, 0.5) is 5.69 Å². The van der Waals surface area contributed by atoms with Gasteiger partial charge >= 0.3 is 0 Å². The smallest absolute Gasteiger partial charge is 0.234 e. The molecule has 4 rings (SSSR count). The minimum atomic E-state index is -0.103. The SMILES string of the molecule is CCOc1ccc(NC(=O)CSc2nnc(Cc3cccn3C)n2-c2cccc(C)c2C)cc1. The van der Waals surface area contributed by atoms with Crippen LogP contribution in [0.25, 0.3) is 5.69 Å². The molecule has 2 heterocycles. The van der Waals surface area contributed by atoms with E-state index >= 15 is 0 Å². The molecule has 0 aliphatic heterocycles. The number of anilines is 1. The molecule has 4 aromatic rings. The molecule has 0 bridgehead atoms. The Kier molecular flexibility index (Phi) is 7.37. The minimum absolute atomic E-state index is 0.103. The molecule has 176 valence electrons. The summed E-state index contributed by atoms with van der Waals surface area (Å²) in [6, 6.07) is 17.7. The van der Waals surface area contributed by atoms with Gasteiger partial charge in [-0.25, -0.2) is 0 Å². The van der Waals surface area contributed by atoms with Crippen molar-refractivity contribution < 1.29 is 9.53 Å². The predicted octanol–water partition coefficient (Wildman–Crippen LogP) is 4.94. The Morgan fingerprint density at radius 2 is 1.85 bits per heavy atom. The lowest BCUT2D eigenvalue weighted by Gasteiger charge is -2.14. The Balaban J connectivity index is 1.54. The minimum Gasteiger partial charge on any atom is -0.494 e. The highest BCUT2D eigenvalue weighted by atomic mass is 32.2. The second-order valence-electron chi connectivity index (χ2n) is 8.03. The number of amides is 1. The van der Waals surface area contributed by atoms with Crippen molar-refractivity contribution in [3.8, 4) is 11.4 Å². The largest absolute Gasteiger partial charge is 0.494 e. The van der Waals surface area contributed by atoms with Crippen molar-refractivity contribution in [2.45, 2.75) is 32.3 Å². The average molecular weight is 476 g/mol. The van der Waals surface area contributed by atoms with Gasteiger partial charge in [-0.3, -0.25) is 9.36 Å². The zero-order valence-corrected chi connectivity index (χ0v) is 20.7. The maximum absolute atomic E-state index is 12.6. The van der Waals surface area contributed by atoms with E-state index in [9.17, 15) is 4.79 Å². The topological polar surface area (TPSA) is 74.0 Å². The number of carbonyl (C=O) groups is 1.